The van der Waals surface area contributed by atoms with Gasteiger partial charge in [0, 0.05) is 12.0 Å². The normalized spacial score (nSPS) is 10.9. The molecule has 0 aliphatic rings. The second kappa shape index (κ2) is 6.24. The van der Waals surface area contributed by atoms with Crippen molar-refractivity contribution in [3.63, 3.8) is 0 Å². The average Bonchev–Trinajstić information content (AvgIpc) is 2.52. The zero-order valence-electron chi connectivity index (χ0n) is 13.6. The van der Waals surface area contributed by atoms with Crippen LogP contribution in [-0.4, -0.2) is 16.6 Å². The number of ether oxygens (including phenoxy) is 1. The monoisotopic (exact) mass is 308 g/mol. The van der Waals surface area contributed by atoms with Gasteiger partial charge in [-0.25, -0.2) is 4.98 Å². The first-order chi connectivity index (χ1) is 11.1. The van der Waals surface area contributed by atoms with Gasteiger partial charge in [0.2, 0.25) is 0 Å². The van der Waals surface area contributed by atoms with Crippen molar-refractivity contribution in [3.05, 3.63) is 69.1 Å². The number of H-pyrrole nitrogens is 1. The molecule has 118 valence electrons. The second-order valence-electron chi connectivity index (χ2n) is 5.68. The zero-order chi connectivity index (χ0) is 16.4. The molecule has 2 aromatic carbocycles. The largest absolute Gasteiger partial charge is 0.494 e. The summed E-state index contributed by atoms with van der Waals surface area (Å²) < 4.78 is 5.63. The number of hydrogen-bond acceptors (Lipinski definition) is 3. The number of nitrogens with one attached hydrogen (secondary N) is 1. The van der Waals surface area contributed by atoms with Gasteiger partial charge in [0.1, 0.15) is 11.4 Å². The molecule has 3 aromatic rings. The number of aromatic amines is 1. The number of aromatic nitrogens is 2. The molecule has 3 rings (SSSR count). The zero-order valence-corrected chi connectivity index (χ0v) is 13.6. The van der Waals surface area contributed by atoms with Crippen LogP contribution >= 0.6 is 0 Å². The Bertz CT molecular complexity index is 913. The highest BCUT2D eigenvalue weighted by Crippen LogP contribution is 2.21. The van der Waals surface area contributed by atoms with E-state index < -0.39 is 0 Å². The first-order valence-corrected chi connectivity index (χ1v) is 7.79. The number of rotatable bonds is 4. The van der Waals surface area contributed by atoms with E-state index in [1.165, 1.54) is 0 Å². The van der Waals surface area contributed by atoms with Gasteiger partial charge < -0.3 is 9.72 Å². The lowest BCUT2D eigenvalue weighted by atomic mass is 10.1. The van der Waals surface area contributed by atoms with E-state index in [0.29, 0.717) is 18.7 Å². The summed E-state index contributed by atoms with van der Waals surface area (Å²) in [5.41, 5.74) is 5.23. The van der Waals surface area contributed by atoms with Crippen LogP contribution in [0.25, 0.3) is 11.0 Å². The molecular weight excluding hydrogens is 288 g/mol. The van der Waals surface area contributed by atoms with Gasteiger partial charge in [-0.3, -0.25) is 4.79 Å². The van der Waals surface area contributed by atoms with Gasteiger partial charge in [-0.15, -0.1) is 0 Å². The van der Waals surface area contributed by atoms with E-state index in [-0.39, 0.29) is 5.56 Å². The van der Waals surface area contributed by atoms with Crippen LogP contribution < -0.4 is 10.3 Å². The summed E-state index contributed by atoms with van der Waals surface area (Å²) in [5.74, 6) is 0.802. The third-order valence-corrected chi connectivity index (χ3v) is 4.01. The molecule has 0 amide bonds. The smallest absolute Gasteiger partial charge is 0.270 e. The van der Waals surface area contributed by atoms with Gasteiger partial charge in [-0.05, 0) is 50.1 Å². The van der Waals surface area contributed by atoms with E-state index in [4.69, 9.17) is 4.74 Å². The van der Waals surface area contributed by atoms with Gasteiger partial charge in [0.15, 0.2) is 0 Å². The molecule has 0 radical (unpaired) electrons. The third kappa shape index (κ3) is 3.11. The molecule has 0 bridgehead atoms. The quantitative estimate of drug-likeness (QED) is 0.802. The topological polar surface area (TPSA) is 55.0 Å². The standard InChI is InChI=1S/C19H20N2O2/c1-4-23-18-8-6-5-7-14(18)11-17-19(22)21-16-10-13(3)12(2)9-15(16)20-17/h5-10H,4,11H2,1-3H3,(H,21,22). The van der Waals surface area contributed by atoms with Crippen LogP contribution in [0.15, 0.2) is 41.2 Å². The van der Waals surface area contributed by atoms with Crippen LogP contribution in [0, 0.1) is 13.8 Å². The van der Waals surface area contributed by atoms with Gasteiger partial charge in [0.05, 0.1) is 17.6 Å². The molecule has 0 saturated heterocycles. The van der Waals surface area contributed by atoms with Crippen molar-refractivity contribution in [1.82, 2.24) is 9.97 Å². The minimum atomic E-state index is -0.146. The van der Waals surface area contributed by atoms with Crippen molar-refractivity contribution in [2.45, 2.75) is 27.2 Å². The van der Waals surface area contributed by atoms with Crippen LogP contribution in [-0.2, 0) is 6.42 Å². The van der Waals surface area contributed by atoms with Crippen LogP contribution in [0.4, 0.5) is 0 Å². The average molecular weight is 308 g/mol. The summed E-state index contributed by atoms with van der Waals surface area (Å²) >= 11 is 0. The maximum atomic E-state index is 12.3. The van der Waals surface area contributed by atoms with E-state index in [1.54, 1.807) is 0 Å². The van der Waals surface area contributed by atoms with Crippen LogP contribution in [0.2, 0.25) is 0 Å². The Hall–Kier alpha value is -2.62. The Morgan fingerprint density at radius 2 is 1.87 bits per heavy atom. The lowest BCUT2D eigenvalue weighted by Gasteiger charge is -2.10. The van der Waals surface area contributed by atoms with Crippen molar-refractivity contribution in [3.8, 4) is 5.75 Å². The fourth-order valence-electron chi connectivity index (χ4n) is 2.63. The van der Waals surface area contributed by atoms with Crippen molar-refractivity contribution in [2.24, 2.45) is 0 Å². The Kier molecular flexibility index (Phi) is 4.15. The Balaban J connectivity index is 2.05. The van der Waals surface area contributed by atoms with Crippen molar-refractivity contribution >= 4 is 11.0 Å². The highest BCUT2D eigenvalue weighted by molar-refractivity contribution is 5.76. The summed E-state index contributed by atoms with van der Waals surface area (Å²) in [6.07, 6.45) is 0.453. The minimum Gasteiger partial charge on any atom is -0.494 e. The fraction of sp³-hybridized carbons (Fsp3) is 0.263. The minimum absolute atomic E-state index is 0.146. The number of para-hydroxylation sites is 1. The molecule has 0 aliphatic heterocycles. The summed E-state index contributed by atoms with van der Waals surface area (Å²) in [6, 6.07) is 11.7. The van der Waals surface area contributed by atoms with E-state index in [9.17, 15) is 4.79 Å². The first kappa shape index (κ1) is 15.3. The van der Waals surface area contributed by atoms with E-state index in [1.807, 2.05) is 57.2 Å². The van der Waals surface area contributed by atoms with E-state index in [2.05, 4.69) is 9.97 Å². The fourth-order valence-corrected chi connectivity index (χ4v) is 2.63. The molecule has 0 aliphatic carbocycles. The van der Waals surface area contributed by atoms with Gasteiger partial charge >= 0.3 is 0 Å². The molecule has 0 saturated carbocycles. The predicted octanol–water partition coefficient (Wildman–Crippen LogP) is 3.53. The summed E-state index contributed by atoms with van der Waals surface area (Å²) in [4.78, 5) is 19.9. The maximum absolute atomic E-state index is 12.3. The maximum Gasteiger partial charge on any atom is 0.270 e. The molecule has 0 fully saturated rings. The van der Waals surface area contributed by atoms with Gasteiger partial charge in [-0.2, -0.15) is 0 Å². The summed E-state index contributed by atoms with van der Waals surface area (Å²) in [6.45, 7) is 6.62. The number of benzene rings is 2. The number of nitrogens with zero attached hydrogens (tertiary/aromatic N) is 1. The molecule has 4 heteroatoms. The summed E-state index contributed by atoms with van der Waals surface area (Å²) in [7, 11) is 0. The van der Waals surface area contributed by atoms with Crippen LogP contribution in [0.3, 0.4) is 0 Å². The predicted molar refractivity (Wildman–Crippen MR) is 92.3 cm³/mol. The Labute approximate surface area is 135 Å². The lowest BCUT2D eigenvalue weighted by Crippen LogP contribution is -2.16. The molecule has 0 spiro atoms. The number of fused-ring (bicyclic) bond motifs is 1. The molecule has 23 heavy (non-hydrogen) atoms. The molecule has 0 atom stereocenters. The SMILES string of the molecule is CCOc1ccccc1Cc1nc2cc(C)c(C)cc2[nH]c1=O. The van der Waals surface area contributed by atoms with Gasteiger partial charge in [0.25, 0.3) is 5.56 Å². The molecule has 1 aromatic heterocycles. The molecule has 0 unspecified atom stereocenters. The number of aryl methyl sites for hydroxylation is 2. The lowest BCUT2D eigenvalue weighted by molar-refractivity contribution is 0.337. The molecule has 1 N–H and O–H groups in total. The molecule has 4 nitrogen and oxygen atoms in total. The van der Waals surface area contributed by atoms with E-state index >= 15 is 0 Å². The second-order valence-corrected chi connectivity index (χ2v) is 5.68. The van der Waals surface area contributed by atoms with Gasteiger partial charge in [-0.1, -0.05) is 18.2 Å². The Morgan fingerprint density at radius 3 is 2.65 bits per heavy atom. The first-order valence-electron chi connectivity index (χ1n) is 7.79. The van der Waals surface area contributed by atoms with E-state index in [0.717, 1.165) is 33.5 Å². The highest BCUT2D eigenvalue weighted by Gasteiger charge is 2.10. The number of hydrogen-bond donors (Lipinski definition) is 1. The third-order valence-electron chi connectivity index (χ3n) is 4.01. The van der Waals surface area contributed by atoms with Crippen LogP contribution in [0.1, 0.15) is 29.3 Å². The highest BCUT2D eigenvalue weighted by atomic mass is 16.5. The summed E-state index contributed by atoms with van der Waals surface area (Å²) in [5, 5.41) is 0. The van der Waals surface area contributed by atoms with Crippen molar-refractivity contribution in [2.75, 3.05) is 6.61 Å². The Morgan fingerprint density at radius 1 is 1.13 bits per heavy atom. The molecular formula is C19H20N2O2. The van der Waals surface area contributed by atoms with Crippen molar-refractivity contribution < 1.29 is 4.74 Å². The van der Waals surface area contributed by atoms with Crippen LogP contribution in [0.5, 0.6) is 5.75 Å². The molecule has 1 heterocycles. The van der Waals surface area contributed by atoms with Crippen molar-refractivity contribution in [1.29, 1.82) is 0 Å².